The van der Waals surface area contributed by atoms with Crippen molar-refractivity contribution in [3.8, 4) is 17.3 Å². The van der Waals surface area contributed by atoms with E-state index in [1.165, 1.54) is 11.1 Å². The van der Waals surface area contributed by atoms with Gasteiger partial charge in [-0.05, 0) is 17.7 Å². The number of methoxy groups -OCH3 is 1. The van der Waals surface area contributed by atoms with Gasteiger partial charge < -0.3 is 4.74 Å². The molecule has 0 saturated carbocycles. The Labute approximate surface area is 146 Å². The Balaban J connectivity index is 1.48. The van der Waals surface area contributed by atoms with E-state index >= 15 is 0 Å². The molecular weight excluding hydrogens is 314 g/mol. The molecule has 0 unspecified atom stereocenters. The van der Waals surface area contributed by atoms with Crippen LogP contribution < -0.4 is 4.74 Å². The van der Waals surface area contributed by atoms with E-state index in [-0.39, 0.29) is 0 Å². The van der Waals surface area contributed by atoms with Crippen molar-refractivity contribution >= 4 is 0 Å². The monoisotopic (exact) mass is 333 g/mol. The van der Waals surface area contributed by atoms with Gasteiger partial charge in [-0.15, -0.1) is 0 Å². The third kappa shape index (κ3) is 3.49. The Morgan fingerprint density at radius 2 is 1.96 bits per heavy atom. The van der Waals surface area contributed by atoms with Crippen molar-refractivity contribution in [1.29, 1.82) is 0 Å². The predicted molar refractivity (Wildman–Crippen MR) is 93.9 cm³/mol. The van der Waals surface area contributed by atoms with Crippen LogP contribution in [0.25, 0.3) is 11.4 Å². The van der Waals surface area contributed by atoms with Gasteiger partial charge in [-0.25, -0.2) is 15.0 Å². The summed E-state index contributed by atoms with van der Waals surface area (Å²) in [7, 11) is 1.63. The molecule has 4 heterocycles. The van der Waals surface area contributed by atoms with Gasteiger partial charge in [0.05, 0.1) is 12.8 Å². The average Bonchev–Trinajstić information content (AvgIpc) is 2.69. The number of pyridine rings is 2. The normalized spacial score (nSPS) is 14.1. The van der Waals surface area contributed by atoms with Crippen LogP contribution in [0.5, 0.6) is 5.88 Å². The van der Waals surface area contributed by atoms with Crippen molar-refractivity contribution in [3.05, 3.63) is 65.9 Å². The van der Waals surface area contributed by atoms with E-state index in [1.54, 1.807) is 19.5 Å². The van der Waals surface area contributed by atoms with E-state index in [9.17, 15) is 0 Å². The minimum absolute atomic E-state index is 0.643. The summed E-state index contributed by atoms with van der Waals surface area (Å²) >= 11 is 0. The second-order valence-corrected chi connectivity index (χ2v) is 6.07. The summed E-state index contributed by atoms with van der Waals surface area (Å²) in [4.78, 5) is 20.0. The van der Waals surface area contributed by atoms with E-state index in [0.717, 1.165) is 43.1 Å². The zero-order valence-corrected chi connectivity index (χ0v) is 14.1. The lowest BCUT2D eigenvalue weighted by atomic mass is 10.1. The molecule has 1 aliphatic heterocycles. The first-order valence-electron chi connectivity index (χ1n) is 8.28. The van der Waals surface area contributed by atoms with E-state index in [4.69, 9.17) is 9.72 Å². The predicted octanol–water partition coefficient (Wildman–Crippen LogP) is 2.50. The van der Waals surface area contributed by atoms with Crippen LogP contribution in [0.15, 0.2) is 49.1 Å². The first-order valence-corrected chi connectivity index (χ1v) is 8.28. The van der Waals surface area contributed by atoms with Crippen molar-refractivity contribution in [2.24, 2.45) is 0 Å². The average molecular weight is 333 g/mol. The van der Waals surface area contributed by atoms with Crippen LogP contribution in [0.1, 0.15) is 16.8 Å². The highest BCUT2D eigenvalue weighted by Crippen LogP contribution is 2.22. The summed E-state index contributed by atoms with van der Waals surface area (Å²) in [6.07, 6.45) is 8.29. The summed E-state index contributed by atoms with van der Waals surface area (Å²) in [6.45, 7) is 2.70. The molecule has 0 bridgehead atoms. The number of ether oxygens (including phenoxy) is 1. The molecule has 0 aromatic carbocycles. The van der Waals surface area contributed by atoms with Crippen LogP contribution >= 0.6 is 0 Å². The smallest absolute Gasteiger partial charge is 0.212 e. The topological polar surface area (TPSA) is 64.0 Å². The summed E-state index contributed by atoms with van der Waals surface area (Å²) in [6, 6.07) is 7.84. The van der Waals surface area contributed by atoms with Crippen LogP contribution in [0, 0.1) is 0 Å². The van der Waals surface area contributed by atoms with E-state index < -0.39 is 0 Å². The Kier molecular flexibility index (Phi) is 4.35. The minimum atomic E-state index is 0.643. The summed E-state index contributed by atoms with van der Waals surface area (Å²) in [5, 5.41) is 0. The first kappa shape index (κ1) is 15.7. The van der Waals surface area contributed by atoms with Crippen LogP contribution in [0.2, 0.25) is 0 Å². The van der Waals surface area contributed by atoms with Crippen LogP contribution in [-0.2, 0) is 19.5 Å². The van der Waals surface area contributed by atoms with Gasteiger partial charge in [0.2, 0.25) is 5.88 Å². The third-order valence-electron chi connectivity index (χ3n) is 4.36. The van der Waals surface area contributed by atoms with Gasteiger partial charge in [0.1, 0.15) is 0 Å². The number of hydrogen-bond donors (Lipinski definition) is 0. The fourth-order valence-electron chi connectivity index (χ4n) is 3.03. The van der Waals surface area contributed by atoms with E-state index in [2.05, 4.69) is 25.9 Å². The quantitative estimate of drug-likeness (QED) is 0.731. The number of hydrogen-bond acceptors (Lipinski definition) is 6. The fraction of sp³-hybridized carbons (Fsp3) is 0.263. The molecule has 0 aliphatic carbocycles. The molecule has 4 rings (SSSR count). The van der Waals surface area contributed by atoms with Gasteiger partial charge in [0.15, 0.2) is 5.82 Å². The zero-order chi connectivity index (χ0) is 17.1. The summed E-state index contributed by atoms with van der Waals surface area (Å²) < 4.78 is 5.11. The second kappa shape index (κ2) is 6.94. The second-order valence-electron chi connectivity index (χ2n) is 6.07. The lowest BCUT2D eigenvalue weighted by molar-refractivity contribution is 0.242. The highest BCUT2D eigenvalue weighted by atomic mass is 16.5. The van der Waals surface area contributed by atoms with Gasteiger partial charge >= 0.3 is 0 Å². The van der Waals surface area contributed by atoms with Gasteiger partial charge in [0, 0.05) is 68.0 Å². The fourth-order valence-corrected chi connectivity index (χ4v) is 3.03. The van der Waals surface area contributed by atoms with Gasteiger partial charge in [-0.2, -0.15) is 0 Å². The molecule has 0 atom stereocenters. The van der Waals surface area contributed by atoms with Crippen molar-refractivity contribution < 1.29 is 4.74 Å². The standard InChI is InChI=1S/C19H19N5O/c1-25-18-3-2-14(10-21-18)12-24-9-6-17-16(13-24)11-22-19(23-17)15-4-7-20-8-5-15/h2-5,7-8,10-11H,6,9,12-13H2,1H3. The maximum atomic E-state index is 5.11. The van der Waals surface area contributed by atoms with E-state index in [0.29, 0.717) is 5.88 Å². The van der Waals surface area contributed by atoms with Crippen molar-refractivity contribution in [2.75, 3.05) is 13.7 Å². The van der Waals surface area contributed by atoms with Gasteiger partial charge in [-0.1, -0.05) is 6.07 Å². The Bertz CT molecular complexity index is 851. The molecule has 0 N–H and O–H groups in total. The highest BCUT2D eigenvalue weighted by molar-refractivity contribution is 5.54. The highest BCUT2D eigenvalue weighted by Gasteiger charge is 2.19. The summed E-state index contributed by atoms with van der Waals surface area (Å²) in [5.41, 5.74) is 4.53. The number of rotatable bonds is 4. The number of aromatic nitrogens is 4. The maximum absolute atomic E-state index is 5.11. The molecule has 3 aromatic rings. The molecule has 6 heteroatoms. The Morgan fingerprint density at radius 1 is 1.08 bits per heavy atom. The molecule has 25 heavy (non-hydrogen) atoms. The van der Waals surface area contributed by atoms with Crippen molar-refractivity contribution in [3.63, 3.8) is 0 Å². The van der Waals surface area contributed by atoms with Crippen LogP contribution in [-0.4, -0.2) is 38.5 Å². The van der Waals surface area contributed by atoms with Crippen molar-refractivity contribution in [1.82, 2.24) is 24.8 Å². The van der Waals surface area contributed by atoms with Gasteiger partial charge in [0.25, 0.3) is 0 Å². The SMILES string of the molecule is COc1ccc(CN2CCc3nc(-c4ccncc4)ncc3C2)cn1. The molecule has 6 nitrogen and oxygen atoms in total. The van der Waals surface area contributed by atoms with Crippen molar-refractivity contribution in [2.45, 2.75) is 19.5 Å². The molecule has 3 aromatic heterocycles. The maximum Gasteiger partial charge on any atom is 0.212 e. The zero-order valence-electron chi connectivity index (χ0n) is 14.1. The molecule has 1 aliphatic rings. The number of fused-ring (bicyclic) bond motifs is 1. The molecule has 0 fully saturated rings. The molecule has 0 amide bonds. The molecule has 0 spiro atoms. The largest absolute Gasteiger partial charge is 0.481 e. The van der Waals surface area contributed by atoms with Crippen LogP contribution in [0.4, 0.5) is 0 Å². The molecule has 0 radical (unpaired) electrons. The van der Waals surface area contributed by atoms with E-state index in [1.807, 2.05) is 30.6 Å². The molecule has 0 saturated heterocycles. The lowest BCUT2D eigenvalue weighted by Crippen LogP contribution is -2.31. The first-order chi connectivity index (χ1) is 12.3. The third-order valence-corrected chi connectivity index (χ3v) is 4.36. The summed E-state index contributed by atoms with van der Waals surface area (Å²) in [5.74, 6) is 1.42. The van der Waals surface area contributed by atoms with Gasteiger partial charge in [-0.3, -0.25) is 9.88 Å². The number of nitrogens with zero attached hydrogens (tertiary/aromatic N) is 5. The molecule has 126 valence electrons. The Morgan fingerprint density at radius 3 is 2.72 bits per heavy atom. The minimum Gasteiger partial charge on any atom is -0.481 e. The van der Waals surface area contributed by atoms with Crippen LogP contribution in [0.3, 0.4) is 0 Å². The molecular formula is C19H19N5O. The lowest BCUT2D eigenvalue weighted by Gasteiger charge is -2.28. The Hall–Kier alpha value is -2.86.